The van der Waals surface area contributed by atoms with E-state index in [2.05, 4.69) is 5.32 Å². The second-order valence-electron chi connectivity index (χ2n) is 8.40. The molecule has 0 radical (unpaired) electrons. The summed E-state index contributed by atoms with van der Waals surface area (Å²) in [6.45, 7) is 1.80. The maximum absolute atomic E-state index is 13.7. The molecule has 8 heteroatoms. The number of nitrogens with one attached hydrogen (secondary N) is 1. The smallest absolute Gasteiger partial charge is 0.337 e. The van der Waals surface area contributed by atoms with Gasteiger partial charge in [0.25, 0.3) is 5.91 Å². The van der Waals surface area contributed by atoms with E-state index in [9.17, 15) is 14.4 Å². The first-order valence-corrected chi connectivity index (χ1v) is 12.2. The molecular weight excluding hydrogens is 452 g/mol. The largest absolute Gasteiger partial charge is 0.465 e. The van der Waals surface area contributed by atoms with Gasteiger partial charge in [0.1, 0.15) is 11.5 Å². The number of hydrogen-bond acceptors (Lipinski definition) is 6. The molecule has 2 amide bonds. The lowest BCUT2D eigenvalue weighted by Crippen LogP contribution is -2.46. The molecule has 2 heterocycles. The Morgan fingerprint density at radius 1 is 1.12 bits per heavy atom. The van der Waals surface area contributed by atoms with Gasteiger partial charge in [0.15, 0.2) is 6.04 Å². The van der Waals surface area contributed by atoms with Gasteiger partial charge in [0.05, 0.1) is 19.1 Å². The normalized spacial score (nSPS) is 14.5. The average molecular weight is 481 g/mol. The Bertz CT molecular complexity index is 1130. The molecule has 7 nitrogen and oxygen atoms in total. The molecule has 3 aromatic rings. The van der Waals surface area contributed by atoms with E-state index in [0.29, 0.717) is 22.8 Å². The third-order valence-corrected chi connectivity index (χ3v) is 6.86. The molecule has 4 rings (SSSR count). The molecule has 0 aliphatic heterocycles. The number of thiophene rings is 1. The lowest BCUT2D eigenvalue weighted by atomic mass is 10.1. The molecule has 178 valence electrons. The molecule has 34 heavy (non-hydrogen) atoms. The van der Waals surface area contributed by atoms with Gasteiger partial charge >= 0.3 is 5.97 Å². The van der Waals surface area contributed by atoms with Crippen LogP contribution in [0, 0.1) is 6.92 Å². The van der Waals surface area contributed by atoms with Gasteiger partial charge in [0, 0.05) is 16.6 Å². The summed E-state index contributed by atoms with van der Waals surface area (Å²) in [4.78, 5) is 41.6. The summed E-state index contributed by atoms with van der Waals surface area (Å²) < 4.78 is 10.7. The van der Waals surface area contributed by atoms with E-state index in [4.69, 9.17) is 9.15 Å². The third-order valence-electron chi connectivity index (χ3n) is 5.98. The molecule has 1 aliphatic carbocycles. The second-order valence-corrected chi connectivity index (χ2v) is 9.43. The minimum absolute atomic E-state index is 0.0852. The van der Waals surface area contributed by atoms with Crippen molar-refractivity contribution in [3.63, 3.8) is 0 Å². The van der Waals surface area contributed by atoms with Crippen LogP contribution in [0.25, 0.3) is 0 Å². The molecule has 1 fully saturated rings. The summed E-state index contributed by atoms with van der Waals surface area (Å²) in [7, 11) is 1.32. The number of benzene rings is 1. The van der Waals surface area contributed by atoms with Gasteiger partial charge in [-0.05, 0) is 67.6 Å². The molecule has 0 saturated heterocycles. The van der Waals surface area contributed by atoms with E-state index in [1.54, 1.807) is 43.3 Å². The first kappa shape index (κ1) is 23.8. The zero-order chi connectivity index (χ0) is 24.1. The highest BCUT2D eigenvalue weighted by Crippen LogP contribution is 2.31. The Morgan fingerprint density at radius 2 is 1.85 bits per heavy atom. The van der Waals surface area contributed by atoms with Crippen LogP contribution in [0.3, 0.4) is 0 Å². The van der Waals surface area contributed by atoms with Crippen molar-refractivity contribution < 1.29 is 23.5 Å². The number of furan rings is 1. The molecule has 1 aromatic carbocycles. The van der Waals surface area contributed by atoms with E-state index in [1.165, 1.54) is 23.3 Å². The van der Waals surface area contributed by atoms with Crippen molar-refractivity contribution in [2.45, 2.75) is 51.1 Å². The number of carbonyl (C=O) groups excluding carboxylic acids is 3. The van der Waals surface area contributed by atoms with Gasteiger partial charge in [-0.2, -0.15) is 0 Å². The SMILES string of the molecule is COC(=O)c1ccc(N(C(=O)Cc2cccs2)C(C(=O)NC2CCCC2)c2ccc(C)o2)cc1. The van der Waals surface area contributed by atoms with Crippen LogP contribution in [-0.2, 0) is 20.7 Å². The maximum Gasteiger partial charge on any atom is 0.337 e. The summed E-state index contributed by atoms with van der Waals surface area (Å²) in [6, 6.07) is 12.9. The van der Waals surface area contributed by atoms with Crippen molar-refractivity contribution in [1.82, 2.24) is 5.32 Å². The predicted molar refractivity (Wildman–Crippen MR) is 130 cm³/mol. The van der Waals surface area contributed by atoms with Crippen LogP contribution in [0.5, 0.6) is 0 Å². The molecule has 1 N–H and O–H groups in total. The highest BCUT2D eigenvalue weighted by atomic mass is 32.1. The Labute approximate surface area is 202 Å². The number of ether oxygens (including phenoxy) is 1. The summed E-state index contributed by atoms with van der Waals surface area (Å²) in [6.07, 6.45) is 4.14. The quantitative estimate of drug-likeness (QED) is 0.467. The van der Waals surface area contributed by atoms with Crippen LogP contribution >= 0.6 is 11.3 Å². The third kappa shape index (κ3) is 5.39. The Morgan fingerprint density at radius 3 is 2.44 bits per heavy atom. The van der Waals surface area contributed by atoms with Crippen LogP contribution in [0.4, 0.5) is 5.69 Å². The Hall–Kier alpha value is -3.39. The second kappa shape index (κ2) is 10.7. The predicted octanol–water partition coefficient (Wildman–Crippen LogP) is 4.81. The van der Waals surface area contributed by atoms with Crippen molar-refractivity contribution in [2.75, 3.05) is 12.0 Å². The molecule has 1 aliphatic rings. The van der Waals surface area contributed by atoms with Crippen molar-refractivity contribution in [3.8, 4) is 0 Å². The highest BCUT2D eigenvalue weighted by molar-refractivity contribution is 7.10. The number of esters is 1. The minimum Gasteiger partial charge on any atom is -0.465 e. The fourth-order valence-corrected chi connectivity index (χ4v) is 4.98. The van der Waals surface area contributed by atoms with Gasteiger partial charge in [-0.25, -0.2) is 4.79 Å². The Balaban J connectivity index is 1.74. The van der Waals surface area contributed by atoms with E-state index >= 15 is 0 Å². The monoisotopic (exact) mass is 480 g/mol. The fourth-order valence-electron chi connectivity index (χ4n) is 4.28. The van der Waals surface area contributed by atoms with E-state index in [-0.39, 0.29) is 24.3 Å². The maximum atomic E-state index is 13.7. The van der Waals surface area contributed by atoms with Crippen LogP contribution in [-0.4, -0.2) is 30.9 Å². The molecule has 0 spiro atoms. The summed E-state index contributed by atoms with van der Waals surface area (Å²) >= 11 is 1.49. The molecule has 1 saturated carbocycles. The van der Waals surface area contributed by atoms with E-state index < -0.39 is 12.0 Å². The van der Waals surface area contributed by atoms with Crippen LogP contribution in [0.15, 0.2) is 58.3 Å². The van der Waals surface area contributed by atoms with Crippen molar-refractivity contribution >= 4 is 34.8 Å². The number of rotatable bonds is 8. The van der Waals surface area contributed by atoms with E-state index in [0.717, 1.165) is 30.6 Å². The average Bonchev–Trinajstić information content (AvgIpc) is 3.61. The molecule has 1 unspecified atom stereocenters. The highest BCUT2D eigenvalue weighted by Gasteiger charge is 2.36. The standard InChI is InChI=1S/C26H28N2O5S/c1-17-9-14-22(33-17)24(25(30)27-19-6-3-4-7-19)28(23(29)16-21-8-5-15-34-21)20-12-10-18(11-13-20)26(31)32-2/h5,8-15,19,24H,3-4,6-7,16H2,1-2H3,(H,27,30). The van der Waals surface area contributed by atoms with Crippen LogP contribution in [0.1, 0.15) is 58.5 Å². The van der Waals surface area contributed by atoms with Gasteiger partial charge in [-0.3, -0.25) is 14.5 Å². The number of aryl methyl sites for hydroxylation is 1. The minimum atomic E-state index is -0.981. The van der Waals surface area contributed by atoms with Gasteiger partial charge in [0.2, 0.25) is 5.91 Å². The topological polar surface area (TPSA) is 88.8 Å². The molecule has 1 atom stereocenters. The lowest BCUT2D eigenvalue weighted by Gasteiger charge is -2.31. The number of carbonyl (C=O) groups is 3. The van der Waals surface area contributed by atoms with Gasteiger partial charge in [-0.1, -0.05) is 18.9 Å². The number of methoxy groups -OCH3 is 1. The molecule has 2 aromatic heterocycles. The number of anilines is 1. The summed E-state index contributed by atoms with van der Waals surface area (Å²) in [5.41, 5.74) is 0.854. The summed E-state index contributed by atoms with van der Waals surface area (Å²) in [5, 5.41) is 5.04. The zero-order valence-electron chi connectivity index (χ0n) is 19.3. The molecule has 0 bridgehead atoms. The van der Waals surface area contributed by atoms with Crippen molar-refractivity contribution in [2.24, 2.45) is 0 Å². The number of nitrogens with zero attached hydrogens (tertiary/aromatic N) is 1. The number of hydrogen-bond donors (Lipinski definition) is 1. The fraction of sp³-hybridized carbons (Fsp3) is 0.346. The summed E-state index contributed by atoms with van der Waals surface area (Å²) in [5.74, 6) is 0.0526. The Kier molecular flexibility index (Phi) is 7.47. The number of amides is 2. The van der Waals surface area contributed by atoms with Gasteiger partial charge < -0.3 is 14.5 Å². The van der Waals surface area contributed by atoms with Crippen molar-refractivity contribution in [1.29, 1.82) is 0 Å². The lowest BCUT2D eigenvalue weighted by molar-refractivity contribution is -0.127. The first-order valence-electron chi connectivity index (χ1n) is 11.4. The van der Waals surface area contributed by atoms with E-state index in [1.807, 2.05) is 17.5 Å². The van der Waals surface area contributed by atoms with Crippen LogP contribution in [0.2, 0.25) is 0 Å². The molecular formula is C26H28N2O5S. The van der Waals surface area contributed by atoms with Crippen molar-refractivity contribution in [3.05, 3.63) is 75.9 Å². The first-order chi connectivity index (χ1) is 16.5. The van der Waals surface area contributed by atoms with Gasteiger partial charge in [-0.15, -0.1) is 11.3 Å². The van der Waals surface area contributed by atoms with Crippen LogP contribution < -0.4 is 10.2 Å². The zero-order valence-corrected chi connectivity index (χ0v) is 20.1.